The molecule has 0 radical (unpaired) electrons. The molecule has 1 saturated heterocycles. The first-order valence-electron chi connectivity index (χ1n) is 9.80. The molecule has 2 heterocycles. The standard InChI is InChI=1S/C24H23N3O2/c1-29-23-21(9-8-20-3-2-12-26-22(20)23)19-6-4-18(5-7-19)15-24(16-25)10-13-27(17-28)14-11-24/h2-9,12,17H,10-11,13-15H2,1H3. The zero-order valence-corrected chi connectivity index (χ0v) is 16.5. The van der Waals surface area contributed by atoms with Crippen LogP contribution in [0.5, 0.6) is 5.75 Å². The number of aromatic nitrogens is 1. The number of pyridine rings is 1. The van der Waals surface area contributed by atoms with Crippen molar-refractivity contribution in [2.45, 2.75) is 19.3 Å². The SMILES string of the molecule is COc1c(-c2ccc(CC3(C#N)CCN(C=O)CC3)cc2)ccc2cccnc12. The highest BCUT2D eigenvalue weighted by Gasteiger charge is 2.34. The summed E-state index contributed by atoms with van der Waals surface area (Å²) in [5.41, 5.74) is 3.64. The summed E-state index contributed by atoms with van der Waals surface area (Å²) >= 11 is 0. The van der Waals surface area contributed by atoms with Gasteiger partial charge < -0.3 is 9.64 Å². The number of hydrogen-bond donors (Lipinski definition) is 0. The molecule has 1 aliphatic heterocycles. The number of carbonyl (C=O) groups excluding carboxylic acids is 1. The van der Waals surface area contributed by atoms with Crippen LogP contribution in [0.2, 0.25) is 0 Å². The van der Waals surface area contributed by atoms with Crippen molar-refractivity contribution < 1.29 is 9.53 Å². The summed E-state index contributed by atoms with van der Waals surface area (Å²) in [5, 5.41) is 10.8. The maximum Gasteiger partial charge on any atom is 0.209 e. The number of methoxy groups -OCH3 is 1. The topological polar surface area (TPSA) is 66.2 Å². The first-order valence-corrected chi connectivity index (χ1v) is 9.80. The summed E-state index contributed by atoms with van der Waals surface area (Å²) in [6.45, 7) is 1.30. The second-order valence-electron chi connectivity index (χ2n) is 7.63. The van der Waals surface area contributed by atoms with Gasteiger partial charge in [0.2, 0.25) is 6.41 Å². The first-order chi connectivity index (χ1) is 14.2. The average molecular weight is 385 g/mol. The summed E-state index contributed by atoms with van der Waals surface area (Å²) in [6.07, 6.45) is 4.78. The van der Waals surface area contributed by atoms with Gasteiger partial charge in [-0.3, -0.25) is 9.78 Å². The minimum atomic E-state index is -0.397. The van der Waals surface area contributed by atoms with Crippen molar-refractivity contribution in [1.29, 1.82) is 5.26 Å². The molecular weight excluding hydrogens is 362 g/mol. The van der Waals surface area contributed by atoms with Crippen LogP contribution in [0, 0.1) is 16.7 Å². The molecule has 1 fully saturated rings. The van der Waals surface area contributed by atoms with E-state index >= 15 is 0 Å². The van der Waals surface area contributed by atoms with Crippen LogP contribution in [0.4, 0.5) is 0 Å². The molecule has 4 rings (SSSR count). The lowest BCUT2D eigenvalue weighted by atomic mass is 9.75. The second-order valence-corrected chi connectivity index (χ2v) is 7.63. The van der Waals surface area contributed by atoms with Crippen molar-refractivity contribution in [2.75, 3.05) is 20.2 Å². The zero-order chi connectivity index (χ0) is 20.3. The number of benzene rings is 2. The number of ether oxygens (including phenoxy) is 1. The molecule has 1 aliphatic rings. The largest absolute Gasteiger partial charge is 0.494 e. The first kappa shape index (κ1) is 18.9. The third kappa shape index (κ3) is 3.66. The summed E-state index contributed by atoms with van der Waals surface area (Å²) < 4.78 is 5.68. The number of nitriles is 1. The lowest BCUT2D eigenvalue weighted by Gasteiger charge is -2.35. The second kappa shape index (κ2) is 7.92. The van der Waals surface area contributed by atoms with E-state index < -0.39 is 5.41 Å². The van der Waals surface area contributed by atoms with Crippen LogP contribution in [0.15, 0.2) is 54.7 Å². The highest BCUT2D eigenvalue weighted by atomic mass is 16.5. The lowest BCUT2D eigenvalue weighted by molar-refractivity contribution is -0.119. The van der Waals surface area contributed by atoms with Gasteiger partial charge in [0, 0.05) is 30.2 Å². The molecule has 29 heavy (non-hydrogen) atoms. The van der Waals surface area contributed by atoms with E-state index in [1.807, 2.05) is 12.1 Å². The number of hydrogen-bond acceptors (Lipinski definition) is 4. The molecular formula is C24H23N3O2. The Balaban J connectivity index is 1.59. The van der Waals surface area contributed by atoms with Gasteiger partial charge in [-0.25, -0.2) is 0 Å². The maximum absolute atomic E-state index is 11.0. The monoisotopic (exact) mass is 385 g/mol. The lowest BCUT2D eigenvalue weighted by Crippen LogP contribution is -2.39. The summed E-state index contributed by atoms with van der Waals surface area (Å²) in [7, 11) is 1.67. The maximum atomic E-state index is 11.0. The smallest absolute Gasteiger partial charge is 0.209 e. The van der Waals surface area contributed by atoms with Crippen LogP contribution in [0.25, 0.3) is 22.0 Å². The van der Waals surface area contributed by atoms with E-state index in [1.54, 1.807) is 18.2 Å². The van der Waals surface area contributed by atoms with E-state index in [0.29, 0.717) is 32.4 Å². The van der Waals surface area contributed by atoms with Crippen LogP contribution in [-0.4, -0.2) is 36.5 Å². The summed E-state index contributed by atoms with van der Waals surface area (Å²) in [4.78, 5) is 17.2. The molecule has 0 aliphatic carbocycles. The Labute approximate surface area is 170 Å². The molecule has 0 bridgehead atoms. The van der Waals surface area contributed by atoms with E-state index in [4.69, 9.17) is 4.74 Å². The van der Waals surface area contributed by atoms with Crippen LogP contribution in [0.3, 0.4) is 0 Å². The molecule has 0 saturated carbocycles. The van der Waals surface area contributed by atoms with Crippen molar-refractivity contribution in [3.05, 3.63) is 60.3 Å². The van der Waals surface area contributed by atoms with Gasteiger partial charge >= 0.3 is 0 Å². The zero-order valence-electron chi connectivity index (χ0n) is 16.5. The van der Waals surface area contributed by atoms with Crippen molar-refractivity contribution in [1.82, 2.24) is 9.88 Å². The number of likely N-dealkylation sites (tertiary alicyclic amines) is 1. The number of nitrogens with zero attached hydrogens (tertiary/aromatic N) is 3. The number of carbonyl (C=O) groups is 1. The van der Waals surface area contributed by atoms with Gasteiger partial charge in [-0.1, -0.05) is 36.4 Å². The van der Waals surface area contributed by atoms with Gasteiger partial charge in [-0.05, 0) is 42.5 Å². The van der Waals surface area contributed by atoms with Crippen LogP contribution >= 0.6 is 0 Å². The number of fused-ring (bicyclic) bond motifs is 1. The molecule has 0 N–H and O–H groups in total. The fourth-order valence-corrected chi connectivity index (χ4v) is 4.13. The Morgan fingerprint density at radius 1 is 1.17 bits per heavy atom. The molecule has 5 nitrogen and oxygen atoms in total. The minimum Gasteiger partial charge on any atom is -0.494 e. The van der Waals surface area contributed by atoms with Crippen molar-refractivity contribution in [3.8, 4) is 22.9 Å². The predicted molar refractivity (Wildman–Crippen MR) is 112 cm³/mol. The molecule has 2 aromatic carbocycles. The molecule has 146 valence electrons. The van der Waals surface area contributed by atoms with E-state index in [9.17, 15) is 10.1 Å². The molecule has 0 atom stereocenters. The normalized spacial score (nSPS) is 15.7. The van der Waals surface area contributed by atoms with Crippen LogP contribution in [0.1, 0.15) is 18.4 Å². The molecule has 5 heteroatoms. The van der Waals surface area contributed by atoms with Gasteiger partial charge in [-0.2, -0.15) is 5.26 Å². The predicted octanol–water partition coefficient (Wildman–Crippen LogP) is 4.22. The van der Waals surface area contributed by atoms with Crippen LogP contribution in [-0.2, 0) is 11.2 Å². The summed E-state index contributed by atoms with van der Waals surface area (Å²) in [6, 6.07) is 18.9. The Morgan fingerprint density at radius 3 is 2.59 bits per heavy atom. The van der Waals surface area contributed by atoms with Gasteiger partial charge in [0.15, 0.2) is 5.75 Å². The Morgan fingerprint density at radius 2 is 1.93 bits per heavy atom. The van der Waals surface area contributed by atoms with E-state index in [1.165, 1.54) is 0 Å². The van der Waals surface area contributed by atoms with Crippen molar-refractivity contribution in [3.63, 3.8) is 0 Å². The van der Waals surface area contributed by atoms with Gasteiger partial charge in [0.25, 0.3) is 0 Å². The average Bonchev–Trinajstić information content (AvgIpc) is 2.79. The van der Waals surface area contributed by atoms with E-state index in [0.717, 1.165) is 39.8 Å². The highest BCUT2D eigenvalue weighted by Crippen LogP contribution is 2.37. The summed E-state index contributed by atoms with van der Waals surface area (Å²) in [5.74, 6) is 0.769. The number of amides is 1. The van der Waals surface area contributed by atoms with Gasteiger partial charge in [0.05, 0.1) is 18.6 Å². The molecule has 0 unspecified atom stereocenters. The minimum absolute atomic E-state index is 0.397. The van der Waals surface area contributed by atoms with Crippen LogP contribution < -0.4 is 4.74 Å². The molecule has 1 aromatic heterocycles. The Bertz CT molecular complexity index is 1060. The highest BCUT2D eigenvalue weighted by molar-refractivity contribution is 5.92. The Hall–Kier alpha value is -3.39. The van der Waals surface area contributed by atoms with Gasteiger partial charge in [0.1, 0.15) is 5.52 Å². The quantitative estimate of drug-likeness (QED) is 0.617. The van der Waals surface area contributed by atoms with Crippen molar-refractivity contribution in [2.24, 2.45) is 5.41 Å². The van der Waals surface area contributed by atoms with E-state index in [2.05, 4.69) is 47.5 Å². The van der Waals surface area contributed by atoms with Crippen molar-refractivity contribution >= 4 is 17.3 Å². The number of piperidine rings is 1. The molecule has 1 amide bonds. The fraction of sp³-hybridized carbons (Fsp3) is 0.292. The van der Waals surface area contributed by atoms with E-state index in [-0.39, 0.29) is 0 Å². The fourth-order valence-electron chi connectivity index (χ4n) is 4.13. The number of rotatable bonds is 5. The third-order valence-electron chi connectivity index (χ3n) is 5.88. The Kier molecular flexibility index (Phi) is 5.18. The molecule has 3 aromatic rings. The third-order valence-corrected chi connectivity index (χ3v) is 5.88. The van der Waals surface area contributed by atoms with Gasteiger partial charge in [-0.15, -0.1) is 0 Å². The molecule has 0 spiro atoms.